The van der Waals surface area contributed by atoms with Crippen LogP contribution in [0.5, 0.6) is 0 Å². The van der Waals surface area contributed by atoms with Gasteiger partial charge in [-0.25, -0.2) is 8.42 Å². The van der Waals surface area contributed by atoms with Gasteiger partial charge in [-0.2, -0.15) is 0 Å². The highest BCUT2D eigenvalue weighted by Crippen LogP contribution is 2.15. The Kier molecular flexibility index (Phi) is 4.45. The molecule has 0 aromatic heterocycles. The molecule has 1 aliphatic rings. The van der Waals surface area contributed by atoms with Gasteiger partial charge in [-0.05, 0) is 30.7 Å². The van der Waals surface area contributed by atoms with E-state index in [2.05, 4.69) is 0 Å². The van der Waals surface area contributed by atoms with E-state index in [-0.39, 0.29) is 16.9 Å². The molecule has 0 aliphatic carbocycles. The van der Waals surface area contributed by atoms with Crippen molar-refractivity contribution in [1.29, 1.82) is 0 Å². The summed E-state index contributed by atoms with van der Waals surface area (Å²) in [6, 6.07) is 6.07. The van der Waals surface area contributed by atoms with Gasteiger partial charge in [0.05, 0.1) is 17.6 Å². The van der Waals surface area contributed by atoms with E-state index >= 15 is 0 Å². The molecule has 0 saturated carbocycles. The van der Waals surface area contributed by atoms with Crippen molar-refractivity contribution >= 4 is 15.7 Å². The molecule has 20 heavy (non-hydrogen) atoms. The Morgan fingerprint density at radius 1 is 1.35 bits per heavy atom. The maximum Gasteiger partial charge on any atom is 0.254 e. The van der Waals surface area contributed by atoms with Crippen LogP contribution in [0.25, 0.3) is 0 Å². The number of amides is 1. The number of hydrogen-bond donors (Lipinski definition) is 0. The van der Waals surface area contributed by atoms with Crippen LogP contribution in [0.2, 0.25) is 0 Å². The Labute approximate surface area is 119 Å². The van der Waals surface area contributed by atoms with Gasteiger partial charge in [0.2, 0.25) is 0 Å². The van der Waals surface area contributed by atoms with E-state index in [0.717, 1.165) is 12.7 Å². The lowest BCUT2D eigenvalue weighted by Gasteiger charge is -2.32. The molecule has 1 aromatic rings. The van der Waals surface area contributed by atoms with E-state index in [9.17, 15) is 13.2 Å². The van der Waals surface area contributed by atoms with Gasteiger partial charge in [-0.3, -0.25) is 4.79 Å². The Morgan fingerprint density at radius 3 is 2.55 bits per heavy atom. The predicted molar refractivity (Wildman–Crippen MR) is 75.5 cm³/mol. The Hall–Kier alpha value is -1.40. The molecule has 1 aliphatic heterocycles. The number of rotatable bonds is 3. The third-order valence-corrected chi connectivity index (χ3v) is 4.54. The summed E-state index contributed by atoms with van der Waals surface area (Å²) >= 11 is 0. The second kappa shape index (κ2) is 5.93. The van der Waals surface area contributed by atoms with Crippen LogP contribution in [0.3, 0.4) is 0 Å². The highest BCUT2D eigenvalue weighted by molar-refractivity contribution is 7.90. The van der Waals surface area contributed by atoms with Crippen LogP contribution < -0.4 is 0 Å². The summed E-state index contributed by atoms with van der Waals surface area (Å²) in [4.78, 5) is 14.3. The van der Waals surface area contributed by atoms with Crippen LogP contribution in [0, 0.1) is 0 Å². The zero-order valence-electron chi connectivity index (χ0n) is 11.7. The quantitative estimate of drug-likeness (QED) is 0.844. The van der Waals surface area contributed by atoms with Gasteiger partial charge in [0.25, 0.3) is 5.91 Å². The van der Waals surface area contributed by atoms with Crippen LogP contribution >= 0.6 is 0 Å². The molecule has 1 unspecified atom stereocenters. The average Bonchev–Trinajstić information content (AvgIpc) is 2.46. The molecule has 1 fully saturated rings. The van der Waals surface area contributed by atoms with Crippen LogP contribution in [0.1, 0.15) is 23.7 Å². The standard InChI is InChI=1S/C14H19NO4S/c1-3-12-10-15(8-9-19-12)14(16)11-4-6-13(7-5-11)20(2,17)18/h4-7,12H,3,8-10H2,1-2H3. The lowest BCUT2D eigenvalue weighted by molar-refractivity contribution is -0.0226. The monoisotopic (exact) mass is 297 g/mol. The lowest BCUT2D eigenvalue weighted by atomic mass is 10.1. The van der Waals surface area contributed by atoms with Crippen molar-refractivity contribution in [3.8, 4) is 0 Å². The highest BCUT2D eigenvalue weighted by atomic mass is 32.2. The predicted octanol–water partition coefficient (Wildman–Crippen LogP) is 1.34. The maximum atomic E-state index is 12.3. The molecule has 1 heterocycles. The number of morpholine rings is 1. The summed E-state index contributed by atoms with van der Waals surface area (Å²) in [5.41, 5.74) is 0.508. The van der Waals surface area contributed by atoms with Gasteiger partial charge in [0.1, 0.15) is 0 Å². The smallest absolute Gasteiger partial charge is 0.254 e. The van der Waals surface area contributed by atoms with Crippen LogP contribution in [0.4, 0.5) is 0 Å². The second-order valence-electron chi connectivity index (χ2n) is 4.95. The fourth-order valence-electron chi connectivity index (χ4n) is 2.18. The summed E-state index contributed by atoms with van der Waals surface area (Å²) in [5.74, 6) is -0.0770. The normalized spacial score (nSPS) is 19.9. The number of carbonyl (C=O) groups excluding carboxylic acids is 1. The molecule has 1 aromatic carbocycles. The number of sulfone groups is 1. The van der Waals surface area contributed by atoms with E-state index in [1.165, 1.54) is 12.1 Å². The molecule has 6 heteroatoms. The van der Waals surface area contributed by atoms with Crippen molar-refractivity contribution in [2.75, 3.05) is 26.0 Å². The third kappa shape index (κ3) is 3.37. The SMILES string of the molecule is CCC1CN(C(=O)c2ccc(S(C)(=O)=O)cc2)CCO1. The first kappa shape index (κ1) is 15.0. The van der Waals surface area contributed by atoms with E-state index in [1.807, 2.05) is 6.92 Å². The largest absolute Gasteiger partial charge is 0.375 e. The second-order valence-corrected chi connectivity index (χ2v) is 6.96. The minimum atomic E-state index is -3.23. The summed E-state index contributed by atoms with van der Waals surface area (Å²) in [7, 11) is -3.23. The summed E-state index contributed by atoms with van der Waals surface area (Å²) in [6.45, 7) is 3.73. The molecule has 0 radical (unpaired) electrons. The summed E-state index contributed by atoms with van der Waals surface area (Å²) in [5, 5.41) is 0. The topological polar surface area (TPSA) is 63.7 Å². The number of nitrogens with zero attached hydrogens (tertiary/aromatic N) is 1. The molecule has 2 rings (SSSR count). The van der Waals surface area contributed by atoms with Crippen molar-refractivity contribution in [3.63, 3.8) is 0 Å². The number of carbonyl (C=O) groups is 1. The van der Waals surface area contributed by atoms with Gasteiger partial charge < -0.3 is 9.64 Å². The highest BCUT2D eigenvalue weighted by Gasteiger charge is 2.24. The van der Waals surface area contributed by atoms with Gasteiger partial charge in [-0.15, -0.1) is 0 Å². The fourth-order valence-corrected chi connectivity index (χ4v) is 2.81. The maximum absolute atomic E-state index is 12.3. The first-order valence-electron chi connectivity index (χ1n) is 6.63. The van der Waals surface area contributed by atoms with Crippen molar-refractivity contribution < 1.29 is 17.9 Å². The minimum Gasteiger partial charge on any atom is -0.375 e. The molecule has 110 valence electrons. The van der Waals surface area contributed by atoms with Crippen LogP contribution in [-0.4, -0.2) is 51.3 Å². The Balaban J connectivity index is 2.13. The Bertz CT molecular complexity index is 580. The number of benzene rings is 1. The lowest BCUT2D eigenvalue weighted by Crippen LogP contribution is -2.45. The van der Waals surface area contributed by atoms with Gasteiger partial charge in [0.15, 0.2) is 9.84 Å². The molecule has 0 bridgehead atoms. The molecule has 0 N–H and O–H groups in total. The molecular weight excluding hydrogens is 278 g/mol. The van der Waals surface area contributed by atoms with E-state index in [1.54, 1.807) is 17.0 Å². The van der Waals surface area contributed by atoms with Crippen LogP contribution in [0.15, 0.2) is 29.2 Å². The zero-order chi connectivity index (χ0) is 14.8. The molecule has 1 atom stereocenters. The van der Waals surface area contributed by atoms with Gasteiger partial charge in [-0.1, -0.05) is 6.92 Å². The summed E-state index contributed by atoms with van der Waals surface area (Å²) < 4.78 is 28.3. The molecular formula is C14H19NO4S. The van der Waals surface area contributed by atoms with Crippen LogP contribution in [-0.2, 0) is 14.6 Å². The molecule has 1 saturated heterocycles. The molecule has 5 nitrogen and oxygen atoms in total. The molecule has 0 spiro atoms. The number of hydrogen-bond acceptors (Lipinski definition) is 4. The zero-order valence-corrected chi connectivity index (χ0v) is 12.5. The van der Waals surface area contributed by atoms with E-state index < -0.39 is 9.84 Å². The number of ether oxygens (including phenoxy) is 1. The first-order chi connectivity index (χ1) is 9.41. The average molecular weight is 297 g/mol. The van der Waals surface area contributed by atoms with Crippen molar-refractivity contribution in [2.45, 2.75) is 24.3 Å². The van der Waals surface area contributed by atoms with E-state index in [4.69, 9.17) is 4.74 Å². The Morgan fingerprint density at radius 2 is 2.00 bits per heavy atom. The first-order valence-corrected chi connectivity index (χ1v) is 8.52. The fraction of sp³-hybridized carbons (Fsp3) is 0.500. The van der Waals surface area contributed by atoms with Crippen molar-refractivity contribution in [3.05, 3.63) is 29.8 Å². The molecule has 1 amide bonds. The van der Waals surface area contributed by atoms with Crippen molar-refractivity contribution in [1.82, 2.24) is 4.90 Å². The van der Waals surface area contributed by atoms with Crippen molar-refractivity contribution in [2.24, 2.45) is 0 Å². The van der Waals surface area contributed by atoms with Gasteiger partial charge >= 0.3 is 0 Å². The van der Waals surface area contributed by atoms with Gasteiger partial charge in [0, 0.05) is 24.9 Å². The van der Waals surface area contributed by atoms with E-state index in [0.29, 0.717) is 25.3 Å². The summed E-state index contributed by atoms with van der Waals surface area (Å²) in [6.07, 6.45) is 2.11. The minimum absolute atomic E-state index is 0.0770. The third-order valence-electron chi connectivity index (χ3n) is 3.41.